The Bertz CT molecular complexity index is 356. The Hall–Kier alpha value is -0.711. The fraction of sp³-hybridized carbons (Fsp3) is 0.417. The minimum Gasteiger partial charge on any atom is -0.496 e. The van der Waals surface area contributed by atoms with Gasteiger partial charge in [-0.05, 0) is 32.9 Å². The first-order valence-electron chi connectivity index (χ1n) is 4.80. The summed E-state index contributed by atoms with van der Waals surface area (Å²) >= 11 is 0. The van der Waals surface area contributed by atoms with Gasteiger partial charge in [-0.25, -0.2) is 4.79 Å². The third-order valence-electron chi connectivity index (χ3n) is 1.73. The predicted molar refractivity (Wildman–Crippen MR) is 63.9 cm³/mol. The van der Waals surface area contributed by atoms with Gasteiger partial charge in [-0.3, -0.25) is 0 Å². The number of rotatable bonds is 2. The van der Waals surface area contributed by atoms with Gasteiger partial charge in [0.15, 0.2) is 0 Å². The van der Waals surface area contributed by atoms with Crippen LogP contribution in [0, 0.1) is 0 Å². The van der Waals surface area contributed by atoms with Crippen molar-refractivity contribution in [3.8, 4) is 5.75 Å². The van der Waals surface area contributed by atoms with Crippen LogP contribution < -0.4 is 4.74 Å². The van der Waals surface area contributed by atoms with Crippen LogP contribution in [0.15, 0.2) is 24.3 Å². The van der Waals surface area contributed by atoms with Gasteiger partial charge >= 0.3 is 5.97 Å². The molecule has 0 atom stereocenters. The zero-order chi connectivity index (χ0) is 11.5. The molecule has 4 radical (unpaired) electrons. The first-order chi connectivity index (χ1) is 6.94. The van der Waals surface area contributed by atoms with Crippen LogP contribution in [0.3, 0.4) is 0 Å². The molecule has 0 fully saturated rings. The molecule has 0 amide bonds. The fourth-order valence-electron chi connectivity index (χ4n) is 1.15. The summed E-state index contributed by atoms with van der Waals surface area (Å²) in [4.78, 5) is 11.7. The van der Waals surface area contributed by atoms with Gasteiger partial charge in [0.2, 0.25) is 0 Å². The van der Waals surface area contributed by atoms with Crippen LogP contribution in [0.25, 0.3) is 0 Å². The molecule has 16 heavy (non-hydrogen) atoms. The molecule has 0 bridgehead atoms. The van der Waals surface area contributed by atoms with E-state index in [-0.39, 0.29) is 29.9 Å². The van der Waals surface area contributed by atoms with Crippen molar-refractivity contribution in [2.45, 2.75) is 26.4 Å². The molecular weight excluding hydrogens is 311 g/mol. The van der Waals surface area contributed by atoms with E-state index in [0.29, 0.717) is 11.3 Å². The van der Waals surface area contributed by atoms with Crippen LogP contribution in [-0.2, 0) is 4.74 Å². The number of methoxy groups -OCH3 is 1. The van der Waals surface area contributed by atoms with Gasteiger partial charge in [-0.1, -0.05) is 12.1 Å². The second-order valence-corrected chi connectivity index (χ2v) is 4.20. The standard InChI is InChI=1S/C12H16O3.Sn/c1-12(2,3)15-11(13)9-7-5-6-8-10(9)14-4;/h5-8H,1-4H3;. The maximum absolute atomic E-state index is 11.7. The summed E-state index contributed by atoms with van der Waals surface area (Å²) < 4.78 is 10.3. The maximum atomic E-state index is 11.7. The topological polar surface area (TPSA) is 35.5 Å². The number of carbonyl (C=O) groups excluding carboxylic acids is 1. The van der Waals surface area contributed by atoms with Crippen molar-refractivity contribution in [1.82, 2.24) is 0 Å². The minimum absolute atomic E-state index is 0. The molecule has 1 aromatic carbocycles. The molecule has 0 saturated heterocycles. The number of benzene rings is 1. The van der Waals surface area contributed by atoms with Crippen molar-refractivity contribution in [3.63, 3.8) is 0 Å². The molecule has 86 valence electrons. The van der Waals surface area contributed by atoms with Crippen molar-refractivity contribution < 1.29 is 14.3 Å². The van der Waals surface area contributed by atoms with Gasteiger partial charge in [0, 0.05) is 23.9 Å². The Balaban J connectivity index is 0.00000225. The summed E-state index contributed by atoms with van der Waals surface area (Å²) in [6.45, 7) is 5.50. The van der Waals surface area contributed by atoms with E-state index < -0.39 is 5.60 Å². The molecule has 3 nitrogen and oxygen atoms in total. The van der Waals surface area contributed by atoms with E-state index in [1.807, 2.05) is 26.8 Å². The average Bonchev–Trinajstić information content (AvgIpc) is 2.15. The molecule has 0 aliphatic carbocycles. The van der Waals surface area contributed by atoms with Crippen LogP contribution in [0.2, 0.25) is 0 Å². The van der Waals surface area contributed by atoms with Gasteiger partial charge in [0.25, 0.3) is 0 Å². The molecule has 0 heterocycles. The minimum atomic E-state index is -0.488. The van der Waals surface area contributed by atoms with E-state index in [2.05, 4.69) is 0 Å². The smallest absolute Gasteiger partial charge is 0.342 e. The molecule has 0 N–H and O–H groups in total. The van der Waals surface area contributed by atoms with E-state index in [0.717, 1.165) is 0 Å². The Kier molecular flexibility index (Phi) is 5.86. The molecule has 4 heteroatoms. The van der Waals surface area contributed by atoms with Gasteiger partial charge in [-0.2, -0.15) is 0 Å². The first kappa shape index (κ1) is 15.3. The Morgan fingerprint density at radius 2 is 1.75 bits per heavy atom. The van der Waals surface area contributed by atoms with E-state index in [4.69, 9.17) is 9.47 Å². The Labute approximate surface area is 113 Å². The van der Waals surface area contributed by atoms with Gasteiger partial charge in [-0.15, -0.1) is 0 Å². The van der Waals surface area contributed by atoms with Crippen LogP contribution >= 0.6 is 0 Å². The second kappa shape index (κ2) is 6.13. The van der Waals surface area contributed by atoms with Crippen LogP contribution in [0.4, 0.5) is 0 Å². The monoisotopic (exact) mass is 328 g/mol. The van der Waals surface area contributed by atoms with Crippen LogP contribution in [0.1, 0.15) is 31.1 Å². The van der Waals surface area contributed by atoms with Crippen molar-refractivity contribution in [3.05, 3.63) is 29.8 Å². The average molecular weight is 327 g/mol. The van der Waals surface area contributed by atoms with E-state index >= 15 is 0 Å². The third kappa shape index (κ3) is 4.43. The molecule has 1 rings (SSSR count). The maximum Gasteiger partial charge on any atom is 0.342 e. The van der Waals surface area contributed by atoms with E-state index in [1.165, 1.54) is 7.11 Å². The Morgan fingerprint density at radius 3 is 2.25 bits per heavy atom. The number of hydrogen-bond donors (Lipinski definition) is 0. The molecular formula is C12H16O3Sn. The summed E-state index contributed by atoms with van der Waals surface area (Å²) in [5.74, 6) is 0.173. The van der Waals surface area contributed by atoms with E-state index in [1.54, 1.807) is 18.2 Å². The molecule has 0 aromatic heterocycles. The van der Waals surface area contributed by atoms with Crippen molar-refractivity contribution >= 4 is 29.9 Å². The number of ether oxygens (including phenoxy) is 2. The predicted octanol–water partition coefficient (Wildman–Crippen LogP) is 2.27. The first-order valence-corrected chi connectivity index (χ1v) is 4.80. The summed E-state index contributed by atoms with van der Waals surface area (Å²) in [7, 11) is 1.53. The molecule has 1 aromatic rings. The van der Waals surface area contributed by atoms with E-state index in [9.17, 15) is 4.79 Å². The zero-order valence-corrected chi connectivity index (χ0v) is 12.9. The van der Waals surface area contributed by atoms with Gasteiger partial charge in [0.05, 0.1) is 7.11 Å². The largest absolute Gasteiger partial charge is 0.496 e. The summed E-state index contributed by atoms with van der Waals surface area (Å²) in [5.41, 5.74) is -0.0345. The number of esters is 1. The van der Waals surface area contributed by atoms with Crippen LogP contribution in [-0.4, -0.2) is 42.6 Å². The summed E-state index contributed by atoms with van der Waals surface area (Å²) in [6, 6.07) is 7.01. The third-order valence-corrected chi connectivity index (χ3v) is 1.73. The molecule has 0 unspecified atom stereocenters. The van der Waals surface area contributed by atoms with Crippen molar-refractivity contribution in [2.75, 3.05) is 7.11 Å². The Morgan fingerprint density at radius 1 is 1.19 bits per heavy atom. The summed E-state index contributed by atoms with van der Waals surface area (Å²) in [6.07, 6.45) is 0. The van der Waals surface area contributed by atoms with Crippen molar-refractivity contribution in [1.29, 1.82) is 0 Å². The normalized spacial score (nSPS) is 10.2. The van der Waals surface area contributed by atoms with Crippen molar-refractivity contribution in [2.24, 2.45) is 0 Å². The number of hydrogen-bond acceptors (Lipinski definition) is 3. The molecule has 0 aliphatic heterocycles. The SMILES string of the molecule is COc1ccccc1C(=O)OC(C)(C)C.[Sn]. The second-order valence-electron chi connectivity index (χ2n) is 4.20. The molecule has 0 spiro atoms. The van der Waals surface area contributed by atoms with Gasteiger partial charge < -0.3 is 9.47 Å². The quantitative estimate of drug-likeness (QED) is 0.618. The fourth-order valence-corrected chi connectivity index (χ4v) is 1.15. The van der Waals surface area contributed by atoms with Crippen LogP contribution in [0.5, 0.6) is 5.75 Å². The number of para-hydroxylation sites is 1. The summed E-state index contributed by atoms with van der Waals surface area (Å²) in [5, 5.41) is 0. The number of carbonyl (C=O) groups is 1. The van der Waals surface area contributed by atoms with Gasteiger partial charge in [0.1, 0.15) is 16.9 Å². The zero-order valence-electron chi connectivity index (χ0n) is 10.0. The molecule has 0 saturated carbocycles. The molecule has 0 aliphatic rings.